The predicted octanol–water partition coefficient (Wildman–Crippen LogP) is 1.11. The molecule has 3 aliphatic rings. The van der Waals surface area contributed by atoms with Crippen LogP contribution in [0.3, 0.4) is 0 Å². The van der Waals surface area contributed by atoms with Crippen molar-refractivity contribution < 1.29 is 36.3 Å². The Bertz CT molecular complexity index is 1520. The van der Waals surface area contributed by atoms with Gasteiger partial charge in [0.25, 0.3) is 0 Å². The minimum atomic E-state index is -3.94. The summed E-state index contributed by atoms with van der Waals surface area (Å²) >= 11 is 0. The lowest BCUT2D eigenvalue weighted by Crippen LogP contribution is -2.64. The molecule has 1 aromatic rings. The molecule has 14 heteroatoms. The normalized spacial score (nSPS) is 28.4. The Morgan fingerprint density at radius 3 is 2.30 bits per heavy atom. The minimum absolute atomic E-state index is 0.0381. The number of aliphatic hydroxyl groups excluding tert-OH is 1. The Morgan fingerprint density at radius 1 is 1.09 bits per heavy atom. The number of aliphatic hydroxyl groups is 1. The van der Waals surface area contributed by atoms with Gasteiger partial charge in [-0.2, -0.15) is 0 Å². The molecule has 2 aliphatic heterocycles. The van der Waals surface area contributed by atoms with E-state index in [2.05, 4.69) is 10.6 Å². The van der Waals surface area contributed by atoms with Gasteiger partial charge in [-0.25, -0.2) is 16.8 Å². The van der Waals surface area contributed by atoms with E-state index in [9.17, 15) is 36.3 Å². The maximum Gasteiger partial charge on any atom is 0.244 e. The van der Waals surface area contributed by atoms with Crippen LogP contribution in [0.25, 0.3) is 0 Å². The van der Waals surface area contributed by atoms with Crippen LogP contribution in [-0.2, 0) is 40.5 Å². The van der Waals surface area contributed by atoms with E-state index in [0.717, 1.165) is 37.5 Å². The Morgan fingerprint density at radius 2 is 1.72 bits per heavy atom. The number of carbonyl (C=O) groups excluding carboxylic acids is 3. The standard InChI is InChI=1S/C33H52N4O8S2/c1-32(2,46(4,42)43)29(36-28(39)19-33(3)15-10-16-47(33,44)45)31(41)35-25(17-22-11-6-5-7-12-22)27(38)21-37-20-24-14-9-8-13-23(24)18-26(37)30(34)40/h5-7,11-12,23-27,29,38H,8-10,13-21H2,1-4H3,(H2,34,40)(H,35,41)(H,36,39)/t23?,24?,25-,26-,27+,29+,33?/m0/s1. The molecule has 264 valence electrons. The first-order valence-electron chi connectivity index (χ1n) is 16.6. The van der Waals surface area contributed by atoms with E-state index >= 15 is 0 Å². The first kappa shape index (κ1) is 37.3. The number of primary amides is 1. The van der Waals surface area contributed by atoms with Crippen LogP contribution in [0.4, 0.5) is 0 Å². The van der Waals surface area contributed by atoms with Crippen LogP contribution in [0.1, 0.15) is 77.7 Å². The summed E-state index contributed by atoms with van der Waals surface area (Å²) in [4.78, 5) is 41.8. The zero-order valence-electron chi connectivity index (χ0n) is 28.0. The van der Waals surface area contributed by atoms with Crippen molar-refractivity contribution in [1.29, 1.82) is 0 Å². The van der Waals surface area contributed by atoms with Gasteiger partial charge in [0.1, 0.15) is 6.04 Å². The van der Waals surface area contributed by atoms with Gasteiger partial charge in [-0.3, -0.25) is 19.3 Å². The highest BCUT2D eigenvalue weighted by atomic mass is 32.2. The Kier molecular flexibility index (Phi) is 11.5. The monoisotopic (exact) mass is 696 g/mol. The van der Waals surface area contributed by atoms with Crippen LogP contribution in [0.2, 0.25) is 0 Å². The number of carbonyl (C=O) groups is 3. The van der Waals surface area contributed by atoms with Gasteiger partial charge in [0.05, 0.1) is 33.4 Å². The number of nitrogens with zero attached hydrogens (tertiary/aromatic N) is 1. The maximum absolute atomic E-state index is 14.1. The second-order valence-corrected chi connectivity index (χ2v) is 19.9. The molecular formula is C33H52N4O8S2. The molecule has 47 heavy (non-hydrogen) atoms. The average Bonchev–Trinajstić information content (AvgIpc) is 3.25. The molecule has 2 heterocycles. The average molecular weight is 697 g/mol. The fraction of sp³-hybridized carbons (Fsp3) is 0.727. The van der Waals surface area contributed by atoms with Crippen LogP contribution in [0.15, 0.2) is 30.3 Å². The van der Waals surface area contributed by atoms with Gasteiger partial charge in [0, 0.05) is 25.8 Å². The quantitative estimate of drug-likeness (QED) is 0.234. The third kappa shape index (κ3) is 8.55. The highest BCUT2D eigenvalue weighted by Gasteiger charge is 2.49. The zero-order chi connectivity index (χ0) is 34.8. The molecule has 0 spiro atoms. The number of nitrogens with two attached hydrogens (primary N) is 1. The topological polar surface area (TPSA) is 193 Å². The first-order chi connectivity index (χ1) is 21.8. The van der Waals surface area contributed by atoms with Crippen LogP contribution in [0, 0.1) is 11.8 Å². The van der Waals surface area contributed by atoms with E-state index in [0.29, 0.717) is 31.2 Å². The van der Waals surface area contributed by atoms with Crippen molar-refractivity contribution in [2.24, 2.45) is 17.6 Å². The van der Waals surface area contributed by atoms with Gasteiger partial charge in [-0.1, -0.05) is 49.6 Å². The minimum Gasteiger partial charge on any atom is -0.390 e. The maximum atomic E-state index is 14.1. The molecule has 4 rings (SSSR count). The lowest BCUT2D eigenvalue weighted by atomic mass is 9.72. The van der Waals surface area contributed by atoms with Crippen LogP contribution < -0.4 is 16.4 Å². The summed E-state index contributed by atoms with van der Waals surface area (Å²) in [6.07, 6.45) is 5.19. The number of β-amino-alcohol motifs (C(OH)–C–C–N with tert-alkyl or cyclic N) is 1. The summed E-state index contributed by atoms with van der Waals surface area (Å²) in [6.45, 7) is 4.80. The van der Waals surface area contributed by atoms with Crippen molar-refractivity contribution >= 4 is 37.4 Å². The van der Waals surface area contributed by atoms with Gasteiger partial charge in [0.2, 0.25) is 17.7 Å². The molecule has 0 radical (unpaired) electrons. The highest BCUT2D eigenvalue weighted by molar-refractivity contribution is 7.93. The largest absolute Gasteiger partial charge is 0.390 e. The second-order valence-electron chi connectivity index (χ2n) is 14.7. The summed E-state index contributed by atoms with van der Waals surface area (Å²) in [5, 5.41) is 17.1. The van der Waals surface area contributed by atoms with Crippen molar-refractivity contribution in [3.8, 4) is 0 Å². The molecule has 0 bridgehead atoms. The molecular weight excluding hydrogens is 645 g/mol. The number of hydrogen-bond acceptors (Lipinski definition) is 9. The smallest absolute Gasteiger partial charge is 0.244 e. The van der Waals surface area contributed by atoms with Gasteiger partial charge in [-0.05, 0) is 70.3 Å². The fourth-order valence-corrected chi connectivity index (χ4v) is 9.96. The van der Waals surface area contributed by atoms with Gasteiger partial charge < -0.3 is 21.5 Å². The van der Waals surface area contributed by atoms with E-state index in [1.165, 1.54) is 20.8 Å². The molecule has 1 aliphatic carbocycles. The molecule has 1 saturated carbocycles. The number of hydrogen-bond donors (Lipinski definition) is 4. The molecule has 7 atom stereocenters. The summed E-state index contributed by atoms with van der Waals surface area (Å²) in [5.74, 6) is -1.29. The number of rotatable bonds is 13. The third-order valence-corrected chi connectivity index (χ3v) is 15.8. The predicted molar refractivity (Wildman–Crippen MR) is 180 cm³/mol. The van der Waals surface area contributed by atoms with Crippen molar-refractivity contribution in [3.05, 3.63) is 35.9 Å². The molecule has 3 unspecified atom stereocenters. The number of benzene rings is 1. The molecule has 0 aromatic heterocycles. The van der Waals surface area contributed by atoms with E-state index in [-0.39, 0.29) is 25.1 Å². The lowest BCUT2D eigenvalue weighted by Gasteiger charge is -2.46. The van der Waals surface area contributed by atoms with Crippen LogP contribution >= 0.6 is 0 Å². The molecule has 3 fully saturated rings. The van der Waals surface area contributed by atoms with Crippen LogP contribution in [-0.4, -0.2) is 103 Å². The van der Waals surface area contributed by atoms with Crippen LogP contribution in [0.5, 0.6) is 0 Å². The number of amides is 3. The van der Waals surface area contributed by atoms with E-state index in [1.54, 1.807) is 0 Å². The number of piperidine rings is 1. The Labute approximate surface area is 279 Å². The summed E-state index contributed by atoms with van der Waals surface area (Å²) in [6, 6.07) is 6.09. The molecule has 1 aromatic carbocycles. The van der Waals surface area contributed by atoms with Gasteiger partial charge in [0.15, 0.2) is 19.7 Å². The first-order valence-corrected chi connectivity index (χ1v) is 20.2. The zero-order valence-corrected chi connectivity index (χ0v) is 29.6. The fourth-order valence-electron chi connectivity index (χ4n) is 7.54. The van der Waals surface area contributed by atoms with E-state index < -0.39 is 77.5 Å². The van der Waals surface area contributed by atoms with Crippen molar-refractivity contribution in [2.45, 2.75) is 112 Å². The van der Waals surface area contributed by atoms with Gasteiger partial charge in [-0.15, -0.1) is 0 Å². The van der Waals surface area contributed by atoms with Crippen molar-refractivity contribution in [1.82, 2.24) is 15.5 Å². The molecule has 3 amide bonds. The van der Waals surface area contributed by atoms with Crippen molar-refractivity contribution in [3.63, 3.8) is 0 Å². The SMILES string of the molecule is CC(C)([C@H](NC(=O)CC1(C)CCCS1(=O)=O)C(=O)N[C@@H](Cc1ccccc1)[C@H](O)CN1CC2CCCCC2C[C@H]1C(N)=O)S(C)(=O)=O. The number of fused-ring (bicyclic) bond motifs is 1. The van der Waals surface area contributed by atoms with E-state index in [1.807, 2.05) is 35.2 Å². The molecule has 12 nitrogen and oxygen atoms in total. The second kappa shape index (κ2) is 14.5. The lowest BCUT2D eigenvalue weighted by molar-refractivity contribution is -0.131. The summed E-state index contributed by atoms with van der Waals surface area (Å²) < 4.78 is 48.2. The van der Waals surface area contributed by atoms with Gasteiger partial charge >= 0.3 is 0 Å². The third-order valence-electron chi connectivity index (χ3n) is 11.0. The highest BCUT2D eigenvalue weighted by Crippen LogP contribution is 2.39. The molecule has 2 saturated heterocycles. The number of nitrogens with one attached hydrogen (secondary N) is 2. The van der Waals surface area contributed by atoms with Crippen molar-refractivity contribution in [2.75, 3.05) is 25.1 Å². The molecule has 5 N–H and O–H groups in total. The number of likely N-dealkylation sites (tertiary alicyclic amines) is 1. The Balaban J connectivity index is 1.59. The Hall–Kier alpha value is -2.55. The summed E-state index contributed by atoms with van der Waals surface area (Å²) in [7, 11) is -7.49. The van der Waals surface area contributed by atoms with E-state index in [4.69, 9.17) is 5.73 Å². The summed E-state index contributed by atoms with van der Waals surface area (Å²) in [5.41, 5.74) is 6.63. The number of sulfone groups is 2.